The molecule has 1 aromatic heterocycles. The van der Waals surface area contributed by atoms with E-state index in [9.17, 15) is 4.79 Å². The summed E-state index contributed by atoms with van der Waals surface area (Å²) in [5.74, 6) is 0. The van der Waals surface area contributed by atoms with E-state index in [1.807, 2.05) is 0 Å². The third kappa shape index (κ3) is 2.41. The van der Waals surface area contributed by atoms with Crippen LogP contribution in [0.5, 0.6) is 0 Å². The van der Waals surface area contributed by atoms with Crippen LogP contribution in [0.25, 0.3) is 0 Å². The number of piperidine rings is 1. The smallest absolute Gasteiger partial charge is 0.185 e. The average molecular weight is 239 g/mol. The lowest BCUT2D eigenvalue weighted by atomic mass is 10.0. The molecule has 0 N–H and O–H groups in total. The normalized spacial score (nSPS) is 18.1. The van der Waals surface area contributed by atoms with Gasteiger partial charge in [0.25, 0.3) is 0 Å². The number of aldehydes is 1. The Labute approximate surface area is 99.9 Å². The Morgan fingerprint density at radius 3 is 2.69 bits per heavy atom. The Bertz CT molecular complexity index is 356. The van der Waals surface area contributed by atoms with Gasteiger partial charge in [0.05, 0.1) is 11.1 Å². The maximum atomic E-state index is 10.6. The van der Waals surface area contributed by atoms with Crippen molar-refractivity contribution in [2.24, 2.45) is 0 Å². The Kier molecular flexibility index (Phi) is 3.56. The number of carbonyl (C=O) groups excluding carboxylic acids is 1. The zero-order chi connectivity index (χ0) is 11.5. The molecular weight excluding hydrogens is 222 g/mol. The molecule has 5 heteroatoms. The largest absolute Gasteiger partial charge is 0.348 e. The van der Waals surface area contributed by atoms with Crippen molar-refractivity contribution >= 4 is 22.8 Å². The Hall–Kier alpha value is -0.940. The van der Waals surface area contributed by atoms with E-state index in [0.717, 1.165) is 24.5 Å². The van der Waals surface area contributed by atoms with Gasteiger partial charge in [-0.1, -0.05) is 11.3 Å². The Morgan fingerprint density at radius 1 is 1.50 bits per heavy atom. The van der Waals surface area contributed by atoms with E-state index in [2.05, 4.69) is 28.9 Å². The second-order valence-corrected chi connectivity index (χ2v) is 5.39. The Morgan fingerprint density at radius 2 is 2.19 bits per heavy atom. The van der Waals surface area contributed by atoms with Gasteiger partial charge in [-0.3, -0.25) is 4.79 Å². The van der Waals surface area contributed by atoms with Crippen molar-refractivity contribution in [3.8, 4) is 0 Å². The first kappa shape index (κ1) is 11.5. The summed E-state index contributed by atoms with van der Waals surface area (Å²) in [5.41, 5.74) is 0. The van der Waals surface area contributed by atoms with Crippen LogP contribution in [0.3, 0.4) is 0 Å². The first-order chi connectivity index (χ1) is 7.70. The summed E-state index contributed by atoms with van der Waals surface area (Å²) >= 11 is 1.48. The van der Waals surface area contributed by atoms with E-state index in [1.165, 1.54) is 24.2 Å². The van der Waals surface area contributed by atoms with E-state index in [4.69, 9.17) is 0 Å². The highest BCUT2D eigenvalue weighted by Gasteiger charge is 2.22. The number of thiazole rings is 1. The molecule has 0 unspecified atom stereocenters. The van der Waals surface area contributed by atoms with Gasteiger partial charge < -0.3 is 9.80 Å². The topological polar surface area (TPSA) is 36.4 Å². The van der Waals surface area contributed by atoms with Gasteiger partial charge >= 0.3 is 0 Å². The highest BCUT2D eigenvalue weighted by Crippen LogP contribution is 2.25. The maximum absolute atomic E-state index is 10.6. The monoisotopic (exact) mass is 239 g/mol. The van der Waals surface area contributed by atoms with Gasteiger partial charge in [-0.15, -0.1) is 0 Å². The third-order valence-electron chi connectivity index (χ3n) is 3.09. The molecular formula is C11H17N3OS. The van der Waals surface area contributed by atoms with Crippen molar-refractivity contribution in [2.45, 2.75) is 18.9 Å². The first-order valence-corrected chi connectivity index (χ1v) is 6.34. The number of hydrogen-bond acceptors (Lipinski definition) is 5. The molecule has 4 nitrogen and oxygen atoms in total. The van der Waals surface area contributed by atoms with Crippen LogP contribution in [0.4, 0.5) is 5.13 Å². The summed E-state index contributed by atoms with van der Waals surface area (Å²) in [5, 5.41) is 0.985. The number of nitrogens with zero attached hydrogens (tertiary/aromatic N) is 3. The second-order valence-electron chi connectivity index (χ2n) is 4.34. The number of hydrogen-bond donors (Lipinski definition) is 0. The second kappa shape index (κ2) is 4.93. The highest BCUT2D eigenvalue weighted by molar-refractivity contribution is 7.17. The fourth-order valence-corrected chi connectivity index (χ4v) is 2.83. The van der Waals surface area contributed by atoms with Gasteiger partial charge in [0.1, 0.15) is 0 Å². The predicted molar refractivity (Wildman–Crippen MR) is 66.4 cm³/mol. The van der Waals surface area contributed by atoms with Crippen molar-refractivity contribution in [3.63, 3.8) is 0 Å². The van der Waals surface area contributed by atoms with E-state index < -0.39 is 0 Å². The van der Waals surface area contributed by atoms with Crippen LogP contribution in [-0.4, -0.2) is 49.4 Å². The molecule has 1 aliphatic heterocycles. The molecule has 1 aliphatic rings. The van der Waals surface area contributed by atoms with Gasteiger partial charge in [-0.2, -0.15) is 0 Å². The van der Waals surface area contributed by atoms with Crippen molar-refractivity contribution in [1.82, 2.24) is 9.88 Å². The molecule has 0 radical (unpaired) electrons. The molecule has 2 heterocycles. The number of carbonyl (C=O) groups is 1. The minimum absolute atomic E-state index is 0.682. The fraction of sp³-hybridized carbons (Fsp3) is 0.636. The van der Waals surface area contributed by atoms with Crippen LogP contribution < -0.4 is 4.90 Å². The summed E-state index contributed by atoms with van der Waals surface area (Å²) < 4.78 is 0. The molecule has 2 rings (SSSR count). The zero-order valence-corrected chi connectivity index (χ0v) is 10.5. The molecule has 0 spiro atoms. The maximum Gasteiger partial charge on any atom is 0.185 e. The standard InChI is InChI=1S/C11H17N3OS/c1-13(2)9-3-5-14(6-4-9)11-12-7-10(8-15)16-11/h7-9H,3-6H2,1-2H3. The highest BCUT2D eigenvalue weighted by atomic mass is 32.1. The molecule has 1 fully saturated rings. The predicted octanol–water partition coefficient (Wildman–Crippen LogP) is 1.49. The van der Waals surface area contributed by atoms with E-state index in [0.29, 0.717) is 10.9 Å². The van der Waals surface area contributed by atoms with Crippen LogP contribution in [0.2, 0.25) is 0 Å². The number of rotatable bonds is 3. The summed E-state index contributed by atoms with van der Waals surface area (Å²) in [7, 11) is 4.27. The van der Waals surface area contributed by atoms with Crippen LogP contribution in [0, 0.1) is 0 Å². The molecule has 0 bridgehead atoms. The zero-order valence-electron chi connectivity index (χ0n) is 9.72. The third-order valence-corrected chi connectivity index (χ3v) is 4.08. The van der Waals surface area contributed by atoms with Crippen LogP contribution in [0.15, 0.2) is 6.20 Å². The van der Waals surface area contributed by atoms with E-state index >= 15 is 0 Å². The lowest BCUT2D eigenvalue weighted by Gasteiger charge is -2.34. The average Bonchev–Trinajstić information content (AvgIpc) is 2.77. The SMILES string of the molecule is CN(C)C1CCN(c2ncc(C=O)s2)CC1. The number of anilines is 1. The van der Waals surface area contributed by atoms with Crippen LogP contribution in [0.1, 0.15) is 22.5 Å². The lowest BCUT2D eigenvalue weighted by Crippen LogP contribution is -2.41. The quantitative estimate of drug-likeness (QED) is 0.749. The molecule has 0 amide bonds. The molecule has 0 aliphatic carbocycles. The summed E-state index contributed by atoms with van der Waals surface area (Å²) in [4.78, 5) is 20.1. The molecule has 0 saturated carbocycles. The van der Waals surface area contributed by atoms with E-state index in [1.54, 1.807) is 6.20 Å². The van der Waals surface area contributed by atoms with Gasteiger partial charge in [0.15, 0.2) is 11.4 Å². The molecule has 0 atom stereocenters. The fourth-order valence-electron chi connectivity index (χ4n) is 2.05. The van der Waals surface area contributed by atoms with Crippen molar-refractivity contribution < 1.29 is 4.79 Å². The summed E-state index contributed by atoms with van der Waals surface area (Å²) in [6.07, 6.45) is 4.87. The molecule has 88 valence electrons. The van der Waals surface area contributed by atoms with Gasteiger partial charge in [0, 0.05) is 19.1 Å². The minimum Gasteiger partial charge on any atom is -0.348 e. The number of aromatic nitrogens is 1. The minimum atomic E-state index is 0.682. The molecule has 16 heavy (non-hydrogen) atoms. The van der Waals surface area contributed by atoms with Crippen molar-refractivity contribution in [1.29, 1.82) is 0 Å². The van der Waals surface area contributed by atoms with Gasteiger partial charge in [-0.25, -0.2) is 4.98 Å². The Balaban J connectivity index is 1.96. The lowest BCUT2D eigenvalue weighted by molar-refractivity contribution is 0.112. The molecule has 0 aromatic carbocycles. The van der Waals surface area contributed by atoms with Crippen molar-refractivity contribution in [2.75, 3.05) is 32.1 Å². The molecule has 1 saturated heterocycles. The summed E-state index contributed by atoms with van der Waals surface area (Å²) in [6.45, 7) is 2.07. The molecule has 1 aromatic rings. The van der Waals surface area contributed by atoms with Gasteiger partial charge in [0.2, 0.25) is 0 Å². The van der Waals surface area contributed by atoms with Gasteiger partial charge in [-0.05, 0) is 26.9 Å². The van der Waals surface area contributed by atoms with E-state index in [-0.39, 0.29) is 0 Å². The summed E-state index contributed by atoms with van der Waals surface area (Å²) in [6, 6.07) is 0.682. The van der Waals surface area contributed by atoms with Crippen LogP contribution >= 0.6 is 11.3 Å². The first-order valence-electron chi connectivity index (χ1n) is 5.53. The van der Waals surface area contributed by atoms with Crippen molar-refractivity contribution in [3.05, 3.63) is 11.1 Å². The van der Waals surface area contributed by atoms with Crippen LogP contribution in [-0.2, 0) is 0 Å².